The minimum atomic E-state index is -3.59. The number of hydrogen-bond donors (Lipinski definition) is 2. The number of ether oxygens (including phenoxy) is 1. The molecule has 0 unspecified atom stereocenters. The molecule has 1 aromatic carbocycles. The third-order valence-electron chi connectivity index (χ3n) is 3.77. The van der Waals surface area contributed by atoms with Gasteiger partial charge >= 0.3 is 0 Å². The van der Waals surface area contributed by atoms with Crippen molar-refractivity contribution >= 4 is 21.6 Å². The van der Waals surface area contributed by atoms with Gasteiger partial charge in [0, 0.05) is 18.8 Å². The topological polar surface area (TPSA) is 102 Å². The predicted octanol–water partition coefficient (Wildman–Crippen LogP) is 1.02. The van der Waals surface area contributed by atoms with Crippen LogP contribution < -0.4 is 11.1 Å². The molecule has 1 aliphatic rings. The second-order valence-corrected chi connectivity index (χ2v) is 8.21. The molecule has 0 saturated carbocycles. The van der Waals surface area contributed by atoms with Crippen molar-refractivity contribution in [3.63, 3.8) is 0 Å². The lowest BCUT2D eigenvalue weighted by molar-refractivity contribution is -0.117. The number of anilines is 1. The Kier molecular flexibility index (Phi) is 6.34. The van der Waals surface area contributed by atoms with Gasteiger partial charge in [-0.25, -0.2) is 8.42 Å². The summed E-state index contributed by atoms with van der Waals surface area (Å²) in [6.07, 6.45) is 0.567. The highest BCUT2D eigenvalue weighted by Gasteiger charge is 2.26. The molecule has 24 heavy (non-hydrogen) atoms. The highest BCUT2D eigenvalue weighted by atomic mass is 32.2. The summed E-state index contributed by atoms with van der Waals surface area (Å²) in [6, 6.07) is 5.62. The number of nitrogens with one attached hydrogen (secondary N) is 1. The Balaban J connectivity index is 2.12. The van der Waals surface area contributed by atoms with Crippen LogP contribution in [0.2, 0.25) is 0 Å². The lowest BCUT2D eigenvalue weighted by Gasteiger charge is -2.26. The average Bonchev–Trinajstić information content (AvgIpc) is 2.55. The fraction of sp³-hybridized carbons (Fsp3) is 0.562. The summed E-state index contributed by atoms with van der Waals surface area (Å²) in [5.41, 5.74) is 6.28. The maximum atomic E-state index is 12.6. The Morgan fingerprint density at radius 3 is 2.62 bits per heavy atom. The van der Waals surface area contributed by atoms with E-state index >= 15 is 0 Å². The maximum Gasteiger partial charge on any atom is 0.243 e. The number of carbonyl (C=O) groups excluding carboxylic acids is 1. The van der Waals surface area contributed by atoms with E-state index in [1.807, 2.05) is 13.8 Å². The molecule has 0 spiro atoms. The Morgan fingerprint density at radius 2 is 2.00 bits per heavy atom. The van der Waals surface area contributed by atoms with Gasteiger partial charge in [0.25, 0.3) is 0 Å². The normalized spacial score (nSPS) is 17.7. The quantitative estimate of drug-likeness (QED) is 0.793. The molecule has 3 N–H and O–H groups in total. The van der Waals surface area contributed by atoms with Gasteiger partial charge in [0.2, 0.25) is 15.9 Å². The lowest BCUT2D eigenvalue weighted by Crippen LogP contribution is -2.40. The van der Waals surface area contributed by atoms with Crippen LogP contribution in [0.5, 0.6) is 0 Å². The van der Waals surface area contributed by atoms with Gasteiger partial charge in [-0.3, -0.25) is 4.79 Å². The molecular formula is C16H25N3O4S. The standard InChI is InChI=1S/C16H25N3O4S/c1-12(2)10-15(17)16(20)18-13-4-3-5-14(11-13)24(21,22)19-6-8-23-9-7-19/h3-5,11-12,15H,6-10,17H2,1-2H3,(H,18,20)/t15-/m0/s1. The molecule has 134 valence electrons. The van der Waals surface area contributed by atoms with Crippen LogP contribution in [0.25, 0.3) is 0 Å². The molecule has 8 heteroatoms. The first-order valence-corrected chi connectivity index (χ1v) is 9.49. The fourth-order valence-electron chi connectivity index (χ4n) is 2.52. The summed E-state index contributed by atoms with van der Waals surface area (Å²) in [7, 11) is -3.59. The number of carbonyl (C=O) groups is 1. The molecule has 1 atom stereocenters. The van der Waals surface area contributed by atoms with E-state index in [0.29, 0.717) is 44.3 Å². The lowest BCUT2D eigenvalue weighted by atomic mass is 10.0. The van der Waals surface area contributed by atoms with Crippen molar-refractivity contribution in [1.29, 1.82) is 0 Å². The van der Waals surface area contributed by atoms with Crippen LogP contribution >= 0.6 is 0 Å². The number of rotatable bonds is 6. The van der Waals surface area contributed by atoms with E-state index in [4.69, 9.17) is 10.5 Å². The maximum absolute atomic E-state index is 12.6. The highest BCUT2D eigenvalue weighted by Crippen LogP contribution is 2.20. The van der Waals surface area contributed by atoms with E-state index in [1.54, 1.807) is 12.1 Å². The first-order chi connectivity index (χ1) is 11.3. The molecule has 1 aromatic rings. The molecular weight excluding hydrogens is 330 g/mol. The number of nitrogens with two attached hydrogens (primary N) is 1. The van der Waals surface area contributed by atoms with Gasteiger partial charge in [-0.1, -0.05) is 19.9 Å². The fourth-order valence-corrected chi connectivity index (χ4v) is 3.97. The van der Waals surface area contributed by atoms with E-state index in [0.717, 1.165) is 0 Å². The van der Waals surface area contributed by atoms with E-state index in [2.05, 4.69) is 5.32 Å². The van der Waals surface area contributed by atoms with Gasteiger partial charge in [0.1, 0.15) is 0 Å². The van der Waals surface area contributed by atoms with Crippen LogP contribution in [0.1, 0.15) is 20.3 Å². The molecule has 1 fully saturated rings. The number of hydrogen-bond acceptors (Lipinski definition) is 5. The smallest absolute Gasteiger partial charge is 0.243 e. The van der Waals surface area contributed by atoms with Gasteiger partial charge in [-0.15, -0.1) is 0 Å². The third-order valence-corrected chi connectivity index (χ3v) is 5.67. The molecule has 1 heterocycles. The van der Waals surface area contributed by atoms with Crippen molar-refractivity contribution in [2.24, 2.45) is 11.7 Å². The zero-order valence-electron chi connectivity index (χ0n) is 14.1. The molecule has 0 bridgehead atoms. The van der Waals surface area contributed by atoms with Crippen molar-refractivity contribution in [3.05, 3.63) is 24.3 Å². The van der Waals surface area contributed by atoms with Crippen LogP contribution in [0.4, 0.5) is 5.69 Å². The van der Waals surface area contributed by atoms with Gasteiger partial charge in [-0.2, -0.15) is 4.31 Å². The van der Waals surface area contributed by atoms with Gasteiger partial charge in [0.15, 0.2) is 0 Å². The van der Waals surface area contributed by atoms with Crippen molar-refractivity contribution in [3.8, 4) is 0 Å². The van der Waals surface area contributed by atoms with Gasteiger partial charge in [-0.05, 0) is 30.5 Å². The molecule has 7 nitrogen and oxygen atoms in total. The minimum Gasteiger partial charge on any atom is -0.379 e. The van der Waals surface area contributed by atoms with Crippen LogP contribution in [0.3, 0.4) is 0 Å². The first-order valence-electron chi connectivity index (χ1n) is 8.05. The summed E-state index contributed by atoms with van der Waals surface area (Å²) in [4.78, 5) is 12.3. The Hall–Kier alpha value is -1.48. The second kappa shape index (κ2) is 8.06. The van der Waals surface area contributed by atoms with Crippen LogP contribution in [-0.4, -0.2) is 51.0 Å². The number of sulfonamides is 1. The Bertz CT molecular complexity index is 670. The summed E-state index contributed by atoms with van der Waals surface area (Å²) >= 11 is 0. The SMILES string of the molecule is CC(C)C[C@H](N)C(=O)Nc1cccc(S(=O)(=O)N2CCOCC2)c1. The Labute approximate surface area is 143 Å². The second-order valence-electron chi connectivity index (χ2n) is 6.27. The summed E-state index contributed by atoms with van der Waals surface area (Å²) in [5.74, 6) is -0.0107. The third kappa shape index (κ3) is 4.76. The zero-order valence-corrected chi connectivity index (χ0v) is 14.9. The monoisotopic (exact) mass is 355 g/mol. The number of benzene rings is 1. The van der Waals surface area contributed by atoms with Crippen molar-refractivity contribution in [1.82, 2.24) is 4.31 Å². The van der Waals surface area contributed by atoms with Crippen LogP contribution in [0.15, 0.2) is 29.2 Å². The summed E-state index contributed by atoms with van der Waals surface area (Å²) in [6.45, 7) is 5.42. The largest absolute Gasteiger partial charge is 0.379 e. The molecule has 0 radical (unpaired) electrons. The van der Waals surface area contributed by atoms with E-state index in [1.165, 1.54) is 16.4 Å². The van der Waals surface area contributed by atoms with Crippen LogP contribution in [0, 0.1) is 5.92 Å². The van der Waals surface area contributed by atoms with Crippen molar-refractivity contribution in [2.75, 3.05) is 31.6 Å². The van der Waals surface area contributed by atoms with E-state index in [-0.39, 0.29) is 10.8 Å². The van der Waals surface area contributed by atoms with Crippen molar-refractivity contribution in [2.45, 2.75) is 31.2 Å². The summed E-state index contributed by atoms with van der Waals surface area (Å²) in [5, 5.41) is 2.69. The number of nitrogens with zero attached hydrogens (tertiary/aromatic N) is 1. The Morgan fingerprint density at radius 1 is 1.33 bits per heavy atom. The van der Waals surface area contributed by atoms with Crippen molar-refractivity contribution < 1.29 is 17.9 Å². The summed E-state index contributed by atoms with van der Waals surface area (Å²) < 4.78 is 31.9. The van der Waals surface area contributed by atoms with Crippen LogP contribution in [-0.2, 0) is 19.6 Å². The molecule has 0 aliphatic carbocycles. The molecule has 2 rings (SSSR count). The molecule has 1 amide bonds. The molecule has 1 saturated heterocycles. The van der Waals surface area contributed by atoms with E-state index < -0.39 is 16.1 Å². The molecule has 1 aliphatic heterocycles. The minimum absolute atomic E-state index is 0.152. The average molecular weight is 355 g/mol. The van der Waals surface area contributed by atoms with E-state index in [9.17, 15) is 13.2 Å². The molecule has 0 aromatic heterocycles. The number of morpholine rings is 1. The van der Waals surface area contributed by atoms with Gasteiger partial charge in [0.05, 0.1) is 24.2 Å². The zero-order chi connectivity index (χ0) is 17.7. The van der Waals surface area contributed by atoms with Gasteiger partial charge < -0.3 is 15.8 Å². The number of amides is 1. The highest BCUT2D eigenvalue weighted by molar-refractivity contribution is 7.89. The first kappa shape index (κ1) is 18.9. The predicted molar refractivity (Wildman–Crippen MR) is 92.1 cm³/mol.